The Morgan fingerprint density at radius 3 is 2.68 bits per heavy atom. The van der Waals surface area contributed by atoms with E-state index in [1.165, 1.54) is 11.1 Å². The van der Waals surface area contributed by atoms with Crippen LogP contribution in [0.1, 0.15) is 44.2 Å². The Hall–Kier alpha value is -0.540. The maximum Gasteiger partial charge on any atom is 0.127 e. The first-order chi connectivity index (χ1) is 9.02. The molecular formula is C16H23BrO2. The molecule has 3 unspecified atom stereocenters. The molecule has 1 saturated carbocycles. The highest BCUT2D eigenvalue weighted by molar-refractivity contribution is 9.09. The van der Waals surface area contributed by atoms with E-state index in [0.29, 0.717) is 10.7 Å². The quantitative estimate of drug-likeness (QED) is 0.745. The van der Waals surface area contributed by atoms with Gasteiger partial charge in [-0.3, -0.25) is 0 Å². The molecule has 19 heavy (non-hydrogen) atoms. The number of halogens is 1. The fraction of sp³-hybridized carbons (Fsp3) is 0.625. The summed E-state index contributed by atoms with van der Waals surface area (Å²) in [7, 11) is 0. The van der Waals surface area contributed by atoms with Gasteiger partial charge in [-0.05, 0) is 37.0 Å². The van der Waals surface area contributed by atoms with Crippen molar-refractivity contribution in [1.82, 2.24) is 0 Å². The number of hydrogen-bond donors (Lipinski definition) is 0. The fourth-order valence-corrected chi connectivity index (χ4v) is 3.17. The van der Waals surface area contributed by atoms with E-state index in [4.69, 9.17) is 9.47 Å². The molecule has 0 heterocycles. The van der Waals surface area contributed by atoms with Gasteiger partial charge in [0.05, 0.1) is 0 Å². The highest BCUT2D eigenvalue weighted by atomic mass is 79.9. The molecule has 1 aliphatic rings. The second-order valence-electron chi connectivity index (χ2n) is 5.51. The summed E-state index contributed by atoms with van der Waals surface area (Å²) in [6.07, 6.45) is 1.35. The first-order valence-corrected chi connectivity index (χ1v) is 7.97. The normalized spacial score (nSPS) is 26.3. The van der Waals surface area contributed by atoms with Crippen LogP contribution in [-0.2, 0) is 4.74 Å². The average molecular weight is 327 g/mol. The summed E-state index contributed by atoms with van der Waals surface area (Å²) in [5.74, 6) is 1.52. The molecule has 1 aromatic rings. The molecule has 1 aromatic carbocycles. The molecule has 106 valence electrons. The number of ether oxygens (including phenoxy) is 2. The number of aryl methyl sites for hydroxylation is 1. The van der Waals surface area contributed by atoms with Crippen molar-refractivity contribution in [2.75, 3.05) is 6.61 Å². The first-order valence-electron chi connectivity index (χ1n) is 7.05. The molecule has 2 rings (SSSR count). The Kier molecular flexibility index (Phi) is 4.91. The van der Waals surface area contributed by atoms with E-state index in [1.807, 2.05) is 6.92 Å². The molecule has 0 N–H and O–H groups in total. The van der Waals surface area contributed by atoms with Gasteiger partial charge in [-0.2, -0.15) is 0 Å². The number of hydrogen-bond acceptors (Lipinski definition) is 2. The van der Waals surface area contributed by atoms with E-state index in [0.717, 1.165) is 18.8 Å². The highest BCUT2D eigenvalue weighted by Gasteiger charge is 2.42. The van der Waals surface area contributed by atoms with Crippen LogP contribution in [0, 0.1) is 6.92 Å². The summed E-state index contributed by atoms with van der Waals surface area (Å²) in [5.41, 5.74) is 2.51. The van der Waals surface area contributed by atoms with E-state index in [-0.39, 0.29) is 12.2 Å². The van der Waals surface area contributed by atoms with Gasteiger partial charge >= 0.3 is 0 Å². The van der Waals surface area contributed by atoms with Gasteiger partial charge in [-0.1, -0.05) is 41.9 Å². The highest BCUT2D eigenvalue weighted by Crippen LogP contribution is 2.35. The van der Waals surface area contributed by atoms with Crippen molar-refractivity contribution in [3.63, 3.8) is 0 Å². The lowest BCUT2D eigenvalue weighted by molar-refractivity contribution is -0.0725. The fourth-order valence-electron chi connectivity index (χ4n) is 2.31. The second-order valence-corrected chi connectivity index (χ2v) is 6.68. The summed E-state index contributed by atoms with van der Waals surface area (Å²) in [5, 5.41) is 0. The van der Waals surface area contributed by atoms with Crippen LogP contribution >= 0.6 is 15.9 Å². The maximum atomic E-state index is 6.15. The molecule has 1 aliphatic carbocycles. The molecule has 0 aromatic heterocycles. The Morgan fingerprint density at radius 1 is 1.37 bits per heavy atom. The minimum Gasteiger partial charge on any atom is -0.487 e. The zero-order chi connectivity index (χ0) is 14.0. The molecule has 0 radical (unpaired) electrons. The van der Waals surface area contributed by atoms with Crippen LogP contribution in [0.3, 0.4) is 0 Å². The largest absolute Gasteiger partial charge is 0.487 e. The number of alkyl halides is 1. The van der Waals surface area contributed by atoms with Crippen molar-refractivity contribution in [3.05, 3.63) is 29.3 Å². The zero-order valence-corrected chi connectivity index (χ0v) is 13.7. The van der Waals surface area contributed by atoms with Crippen LogP contribution in [0.2, 0.25) is 0 Å². The van der Waals surface area contributed by atoms with Crippen molar-refractivity contribution in [3.8, 4) is 5.75 Å². The average Bonchev–Trinajstić information content (AvgIpc) is 2.37. The van der Waals surface area contributed by atoms with Gasteiger partial charge in [0, 0.05) is 17.9 Å². The lowest BCUT2D eigenvalue weighted by atomic mass is 9.91. The van der Waals surface area contributed by atoms with Gasteiger partial charge in [0.2, 0.25) is 0 Å². The van der Waals surface area contributed by atoms with E-state index in [9.17, 15) is 0 Å². The van der Waals surface area contributed by atoms with Gasteiger partial charge in [0.25, 0.3) is 0 Å². The SMILES string of the molecule is CCOC1C(Br)CC1Oc1cc(C(C)C)ccc1C. The third-order valence-electron chi connectivity index (χ3n) is 3.70. The second kappa shape index (κ2) is 6.27. The van der Waals surface area contributed by atoms with Gasteiger partial charge in [-0.25, -0.2) is 0 Å². The summed E-state index contributed by atoms with van der Waals surface area (Å²) in [6.45, 7) is 9.27. The van der Waals surface area contributed by atoms with Crippen molar-refractivity contribution < 1.29 is 9.47 Å². The molecule has 0 aliphatic heterocycles. The lowest BCUT2D eigenvalue weighted by Gasteiger charge is -2.41. The standard InChI is InChI=1S/C16H23BrO2/c1-5-18-16-13(17)9-15(16)19-14-8-12(10(2)3)7-6-11(14)4/h6-8,10,13,15-16H,5,9H2,1-4H3. The van der Waals surface area contributed by atoms with Crippen molar-refractivity contribution in [2.45, 2.75) is 57.1 Å². The van der Waals surface area contributed by atoms with E-state index >= 15 is 0 Å². The predicted octanol–water partition coefficient (Wildman–Crippen LogP) is 4.44. The molecular weight excluding hydrogens is 304 g/mol. The van der Waals surface area contributed by atoms with Gasteiger partial charge < -0.3 is 9.47 Å². The Balaban J connectivity index is 2.08. The van der Waals surface area contributed by atoms with Crippen LogP contribution in [0.5, 0.6) is 5.75 Å². The van der Waals surface area contributed by atoms with Gasteiger partial charge in [0.1, 0.15) is 18.0 Å². The molecule has 3 heteroatoms. The third kappa shape index (κ3) is 3.32. The van der Waals surface area contributed by atoms with Crippen LogP contribution in [0.4, 0.5) is 0 Å². The lowest BCUT2D eigenvalue weighted by Crippen LogP contribution is -2.52. The monoisotopic (exact) mass is 326 g/mol. The Labute approximate surface area is 124 Å². The number of benzene rings is 1. The van der Waals surface area contributed by atoms with Gasteiger partial charge in [-0.15, -0.1) is 0 Å². The molecule has 0 bridgehead atoms. The summed E-state index contributed by atoms with van der Waals surface area (Å²) < 4.78 is 11.9. The van der Waals surface area contributed by atoms with Crippen molar-refractivity contribution in [1.29, 1.82) is 0 Å². The maximum absolute atomic E-state index is 6.15. The van der Waals surface area contributed by atoms with Crippen LogP contribution < -0.4 is 4.74 Å². The summed E-state index contributed by atoms with van der Waals surface area (Å²) >= 11 is 3.63. The van der Waals surface area contributed by atoms with Crippen molar-refractivity contribution >= 4 is 15.9 Å². The summed E-state index contributed by atoms with van der Waals surface area (Å²) in [4.78, 5) is 0.422. The van der Waals surface area contributed by atoms with E-state index in [1.54, 1.807) is 0 Å². The Morgan fingerprint density at radius 2 is 2.11 bits per heavy atom. The molecule has 2 nitrogen and oxygen atoms in total. The van der Waals surface area contributed by atoms with E-state index < -0.39 is 0 Å². The molecule has 0 saturated heterocycles. The van der Waals surface area contributed by atoms with Gasteiger partial charge in [0.15, 0.2) is 0 Å². The van der Waals surface area contributed by atoms with Crippen molar-refractivity contribution in [2.24, 2.45) is 0 Å². The number of rotatable bonds is 5. The van der Waals surface area contributed by atoms with Crippen LogP contribution in [-0.4, -0.2) is 23.6 Å². The zero-order valence-electron chi connectivity index (χ0n) is 12.2. The predicted molar refractivity (Wildman–Crippen MR) is 82.4 cm³/mol. The molecule has 1 fully saturated rings. The minimum absolute atomic E-state index is 0.172. The minimum atomic E-state index is 0.172. The van der Waals surface area contributed by atoms with E-state index in [2.05, 4.69) is 54.9 Å². The molecule has 3 atom stereocenters. The summed E-state index contributed by atoms with van der Waals surface area (Å²) in [6, 6.07) is 6.50. The third-order valence-corrected chi connectivity index (χ3v) is 4.59. The van der Waals surface area contributed by atoms with Crippen LogP contribution in [0.15, 0.2) is 18.2 Å². The topological polar surface area (TPSA) is 18.5 Å². The van der Waals surface area contributed by atoms with Crippen LogP contribution in [0.25, 0.3) is 0 Å². The molecule has 0 amide bonds. The Bertz CT molecular complexity index is 431. The molecule has 0 spiro atoms. The first kappa shape index (κ1) is 14.9. The smallest absolute Gasteiger partial charge is 0.127 e.